The molecule has 1 fully saturated rings. The largest absolute Gasteiger partial charge is 0.348 e. The van der Waals surface area contributed by atoms with E-state index >= 15 is 0 Å². The van der Waals surface area contributed by atoms with Crippen molar-refractivity contribution in [2.75, 3.05) is 19.6 Å². The highest BCUT2D eigenvalue weighted by molar-refractivity contribution is 7.07. The minimum Gasteiger partial charge on any atom is -0.348 e. The number of benzene rings is 1. The molecule has 2 aromatic rings. The second-order valence-corrected chi connectivity index (χ2v) is 7.95. The van der Waals surface area contributed by atoms with Crippen LogP contribution >= 0.6 is 11.3 Å². The zero-order chi connectivity index (χ0) is 19.1. The van der Waals surface area contributed by atoms with Crippen molar-refractivity contribution in [1.82, 2.24) is 15.5 Å². The molecule has 1 aromatic heterocycles. The molecule has 3 rings (SSSR count). The van der Waals surface area contributed by atoms with Crippen molar-refractivity contribution in [2.45, 2.75) is 32.4 Å². The molecule has 0 bridgehead atoms. The minimum atomic E-state index is -0.568. The van der Waals surface area contributed by atoms with Crippen LogP contribution in [0.3, 0.4) is 0 Å². The first-order chi connectivity index (χ1) is 13.1. The lowest BCUT2D eigenvalue weighted by Gasteiger charge is -2.31. The first-order valence-electron chi connectivity index (χ1n) is 9.49. The van der Waals surface area contributed by atoms with E-state index in [-0.39, 0.29) is 6.04 Å². The minimum absolute atomic E-state index is 0.190. The quantitative estimate of drug-likeness (QED) is 0.752. The molecule has 144 valence electrons. The van der Waals surface area contributed by atoms with Crippen LogP contribution in [0.4, 0.5) is 0 Å². The molecule has 0 spiro atoms. The number of amides is 2. The topological polar surface area (TPSA) is 61.4 Å². The van der Waals surface area contributed by atoms with Gasteiger partial charge in [-0.25, -0.2) is 0 Å². The molecule has 2 amide bonds. The van der Waals surface area contributed by atoms with Gasteiger partial charge in [0, 0.05) is 13.1 Å². The number of nitrogens with zero attached hydrogens (tertiary/aromatic N) is 1. The van der Waals surface area contributed by atoms with Crippen molar-refractivity contribution in [1.29, 1.82) is 0 Å². The van der Waals surface area contributed by atoms with Crippen LogP contribution in [-0.4, -0.2) is 36.3 Å². The Morgan fingerprint density at radius 1 is 1.15 bits per heavy atom. The molecule has 27 heavy (non-hydrogen) atoms. The van der Waals surface area contributed by atoms with Crippen LogP contribution in [0.25, 0.3) is 0 Å². The maximum Gasteiger partial charge on any atom is 0.309 e. The molecule has 1 saturated heterocycles. The van der Waals surface area contributed by atoms with Crippen molar-refractivity contribution in [3.63, 3.8) is 0 Å². The molecule has 0 aliphatic carbocycles. The van der Waals surface area contributed by atoms with Crippen molar-refractivity contribution in [3.05, 3.63) is 58.3 Å². The summed E-state index contributed by atoms with van der Waals surface area (Å²) >= 11 is 1.73. The Morgan fingerprint density at radius 2 is 1.89 bits per heavy atom. The van der Waals surface area contributed by atoms with Gasteiger partial charge in [-0.2, -0.15) is 11.3 Å². The van der Waals surface area contributed by atoms with Gasteiger partial charge in [-0.1, -0.05) is 30.3 Å². The smallest absolute Gasteiger partial charge is 0.309 e. The molecule has 1 unspecified atom stereocenters. The van der Waals surface area contributed by atoms with E-state index in [0.29, 0.717) is 12.5 Å². The van der Waals surface area contributed by atoms with E-state index in [9.17, 15) is 9.59 Å². The number of hydrogen-bond donors (Lipinski definition) is 2. The third-order valence-corrected chi connectivity index (χ3v) is 5.83. The van der Waals surface area contributed by atoms with Gasteiger partial charge in [-0.3, -0.25) is 14.5 Å². The van der Waals surface area contributed by atoms with Gasteiger partial charge >= 0.3 is 11.8 Å². The summed E-state index contributed by atoms with van der Waals surface area (Å²) in [5.74, 6) is -0.674. The fourth-order valence-electron chi connectivity index (χ4n) is 3.39. The molecule has 1 atom stereocenters. The number of carbonyl (C=O) groups is 2. The zero-order valence-electron chi connectivity index (χ0n) is 15.7. The van der Waals surface area contributed by atoms with Crippen LogP contribution in [0.15, 0.2) is 47.2 Å². The van der Waals surface area contributed by atoms with Crippen molar-refractivity contribution < 1.29 is 9.59 Å². The predicted molar refractivity (Wildman–Crippen MR) is 108 cm³/mol. The number of rotatable bonds is 6. The van der Waals surface area contributed by atoms with Crippen LogP contribution in [-0.2, 0) is 16.1 Å². The van der Waals surface area contributed by atoms with Gasteiger partial charge < -0.3 is 10.6 Å². The average Bonchev–Trinajstić information content (AvgIpc) is 3.21. The molecule has 1 aliphatic rings. The molecule has 1 aliphatic heterocycles. The summed E-state index contributed by atoms with van der Waals surface area (Å²) < 4.78 is 0. The Kier molecular flexibility index (Phi) is 7.01. The fourth-order valence-corrected chi connectivity index (χ4v) is 4.05. The highest BCUT2D eigenvalue weighted by atomic mass is 32.1. The molecular weight excluding hydrogens is 358 g/mol. The average molecular weight is 386 g/mol. The second-order valence-electron chi connectivity index (χ2n) is 7.17. The Morgan fingerprint density at radius 3 is 2.56 bits per heavy atom. The SMILES string of the molecule is CC(NC(=O)C(=O)NCC1CCN(Cc2ccsc2)CC1)c1ccccc1. The van der Waals surface area contributed by atoms with Crippen molar-refractivity contribution >= 4 is 23.2 Å². The maximum atomic E-state index is 12.1. The van der Waals surface area contributed by atoms with E-state index in [1.807, 2.05) is 37.3 Å². The number of piperidine rings is 1. The molecule has 2 N–H and O–H groups in total. The third-order valence-electron chi connectivity index (χ3n) is 5.10. The highest BCUT2D eigenvalue weighted by Gasteiger charge is 2.22. The predicted octanol–water partition coefficient (Wildman–Crippen LogP) is 2.95. The van der Waals surface area contributed by atoms with Crippen LogP contribution in [0.1, 0.15) is 36.9 Å². The standard InChI is InChI=1S/C21H27N3O2S/c1-16(19-5-3-2-4-6-19)23-21(26)20(25)22-13-17-7-10-24(11-8-17)14-18-9-12-27-15-18/h2-6,9,12,15-17H,7-8,10-11,13-14H2,1H3,(H,22,25)(H,23,26). The van der Waals surface area contributed by atoms with Gasteiger partial charge in [0.15, 0.2) is 0 Å². The van der Waals surface area contributed by atoms with Gasteiger partial charge in [-0.15, -0.1) is 0 Å². The first kappa shape index (κ1) is 19.6. The maximum absolute atomic E-state index is 12.1. The molecule has 2 heterocycles. The van der Waals surface area contributed by atoms with Crippen LogP contribution in [0.2, 0.25) is 0 Å². The Balaban J connectivity index is 1.36. The van der Waals surface area contributed by atoms with E-state index in [2.05, 4.69) is 32.4 Å². The number of carbonyl (C=O) groups excluding carboxylic acids is 2. The summed E-state index contributed by atoms with van der Waals surface area (Å²) in [7, 11) is 0. The van der Waals surface area contributed by atoms with Gasteiger partial charge in [-0.05, 0) is 66.7 Å². The van der Waals surface area contributed by atoms with E-state index < -0.39 is 11.8 Å². The zero-order valence-corrected chi connectivity index (χ0v) is 16.5. The Labute approximate surface area is 164 Å². The molecule has 0 radical (unpaired) electrons. The van der Waals surface area contributed by atoms with E-state index in [4.69, 9.17) is 0 Å². The summed E-state index contributed by atoms with van der Waals surface area (Å²) in [6.45, 7) is 5.52. The normalized spacial score (nSPS) is 16.6. The molecule has 6 heteroatoms. The van der Waals surface area contributed by atoms with Crippen LogP contribution in [0.5, 0.6) is 0 Å². The van der Waals surface area contributed by atoms with Gasteiger partial charge in [0.1, 0.15) is 0 Å². The number of nitrogens with one attached hydrogen (secondary N) is 2. The van der Waals surface area contributed by atoms with Crippen LogP contribution < -0.4 is 10.6 Å². The van der Waals surface area contributed by atoms with Crippen LogP contribution in [0, 0.1) is 5.92 Å². The Hall–Kier alpha value is -2.18. The van der Waals surface area contributed by atoms with Crippen molar-refractivity contribution in [2.24, 2.45) is 5.92 Å². The number of hydrogen-bond acceptors (Lipinski definition) is 4. The van der Waals surface area contributed by atoms with E-state index in [1.165, 1.54) is 5.56 Å². The van der Waals surface area contributed by atoms with Gasteiger partial charge in [0.25, 0.3) is 0 Å². The number of thiophene rings is 1. The lowest BCUT2D eigenvalue weighted by molar-refractivity contribution is -0.139. The van der Waals surface area contributed by atoms with E-state index in [0.717, 1.165) is 38.0 Å². The molecule has 0 saturated carbocycles. The second kappa shape index (κ2) is 9.67. The Bertz CT molecular complexity index is 725. The summed E-state index contributed by atoms with van der Waals surface area (Å²) in [4.78, 5) is 26.6. The third kappa shape index (κ3) is 5.91. The van der Waals surface area contributed by atoms with E-state index in [1.54, 1.807) is 11.3 Å². The fraction of sp³-hybridized carbons (Fsp3) is 0.429. The first-order valence-corrected chi connectivity index (χ1v) is 10.4. The summed E-state index contributed by atoms with van der Waals surface area (Å²) in [6, 6.07) is 11.6. The van der Waals surface area contributed by atoms with Crippen molar-refractivity contribution in [3.8, 4) is 0 Å². The summed E-state index contributed by atoms with van der Waals surface area (Å²) in [5, 5.41) is 9.87. The summed E-state index contributed by atoms with van der Waals surface area (Å²) in [6.07, 6.45) is 2.10. The molecular formula is C21H27N3O2S. The summed E-state index contributed by atoms with van der Waals surface area (Å²) in [5.41, 5.74) is 2.35. The van der Waals surface area contributed by atoms with Gasteiger partial charge in [0.2, 0.25) is 0 Å². The molecule has 1 aromatic carbocycles. The number of likely N-dealkylation sites (tertiary alicyclic amines) is 1. The lowest BCUT2D eigenvalue weighted by Crippen LogP contribution is -2.44. The lowest BCUT2D eigenvalue weighted by atomic mass is 9.96. The monoisotopic (exact) mass is 385 g/mol. The van der Waals surface area contributed by atoms with Gasteiger partial charge in [0.05, 0.1) is 6.04 Å². The highest BCUT2D eigenvalue weighted by Crippen LogP contribution is 2.19. The molecule has 5 nitrogen and oxygen atoms in total.